The van der Waals surface area contributed by atoms with E-state index in [0.717, 1.165) is 6.20 Å². The number of aromatic nitrogens is 1. The van der Waals surface area contributed by atoms with Gasteiger partial charge in [0.25, 0.3) is 0 Å². The van der Waals surface area contributed by atoms with Gasteiger partial charge in [-0.3, -0.25) is 0 Å². The third-order valence-corrected chi connectivity index (χ3v) is 2.80. The lowest BCUT2D eigenvalue weighted by Gasteiger charge is -2.26. The second kappa shape index (κ2) is 3.84. The quantitative estimate of drug-likeness (QED) is 0.849. The predicted octanol–water partition coefficient (Wildman–Crippen LogP) is 2.67. The Morgan fingerprint density at radius 2 is 2.12 bits per heavy atom. The molecule has 0 amide bonds. The van der Waals surface area contributed by atoms with Gasteiger partial charge in [-0.05, 0) is 12.8 Å². The lowest BCUT2D eigenvalue weighted by Crippen LogP contribution is -2.23. The monoisotopic (exact) mass is 231 g/mol. The number of aromatic carboxylic acids is 1. The maximum atomic E-state index is 12.9. The Balaban J connectivity index is 2.05. The molecule has 16 heavy (non-hydrogen) atoms. The van der Waals surface area contributed by atoms with E-state index in [9.17, 15) is 13.6 Å². The Morgan fingerprint density at radius 3 is 2.62 bits per heavy atom. The van der Waals surface area contributed by atoms with Crippen LogP contribution in [0.5, 0.6) is 0 Å². The van der Waals surface area contributed by atoms with Gasteiger partial charge in [0, 0.05) is 18.8 Å². The average Bonchev–Trinajstić information content (AvgIpc) is 2.66. The van der Waals surface area contributed by atoms with Crippen LogP contribution in [0.1, 0.15) is 48.0 Å². The molecule has 2 rings (SSSR count). The first kappa shape index (κ1) is 11.0. The highest BCUT2D eigenvalue weighted by Gasteiger charge is 2.37. The average molecular weight is 231 g/mol. The zero-order valence-electron chi connectivity index (χ0n) is 8.45. The number of hydrogen-bond donors (Lipinski definition) is 1. The molecule has 6 heteroatoms. The summed E-state index contributed by atoms with van der Waals surface area (Å²) in [5.74, 6) is -3.97. The van der Waals surface area contributed by atoms with Gasteiger partial charge in [-0.15, -0.1) is 0 Å². The fourth-order valence-electron chi connectivity index (χ4n) is 1.86. The van der Waals surface area contributed by atoms with Crippen molar-refractivity contribution in [2.24, 2.45) is 0 Å². The first-order valence-electron chi connectivity index (χ1n) is 5.05. The largest absolute Gasteiger partial charge is 0.475 e. The van der Waals surface area contributed by atoms with E-state index in [0.29, 0.717) is 0 Å². The van der Waals surface area contributed by atoms with Gasteiger partial charge < -0.3 is 9.52 Å². The van der Waals surface area contributed by atoms with Crippen LogP contribution >= 0.6 is 0 Å². The van der Waals surface area contributed by atoms with E-state index in [2.05, 4.69) is 4.98 Å². The van der Waals surface area contributed by atoms with E-state index in [4.69, 9.17) is 9.52 Å². The summed E-state index contributed by atoms with van der Waals surface area (Å²) in [6.07, 6.45) is 1.30. The lowest BCUT2D eigenvalue weighted by atomic mass is 9.87. The smallest absolute Gasteiger partial charge is 0.373 e. The van der Waals surface area contributed by atoms with Gasteiger partial charge in [0.15, 0.2) is 5.89 Å². The summed E-state index contributed by atoms with van der Waals surface area (Å²) in [5.41, 5.74) is 0. The topological polar surface area (TPSA) is 63.3 Å². The highest BCUT2D eigenvalue weighted by molar-refractivity contribution is 5.83. The van der Waals surface area contributed by atoms with Gasteiger partial charge in [-0.1, -0.05) is 0 Å². The molecule has 0 aromatic carbocycles. The SMILES string of the molecule is O=C(O)c1cnc(C2CCC(F)(F)CC2)o1. The van der Waals surface area contributed by atoms with E-state index >= 15 is 0 Å². The molecule has 0 bridgehead atoms. The van der Waals surface area contributed by atoms with Crippen LogP contribution in [0.2, 0.25) is 0 Å². The maximum Gasteiger partial charge on any atom is 0.373 e. The molecule has 1 fully saturated rings. The number of carboxylic acid groups (broad SMARTS) is 1. The highest BCUT2D eigenvalue weighted by atomic mass is 19.3. The molecular formula is C10H11F2NO3. The molecule has 0 aliphatic heterocycles. The van der Waals surface area contributed by atoms with Crippen molar-refractivity contribution in [2.45, 2.75) is 37.5 Å². The number of halogens is 2. The van der Waals surface area contributed by atoms with Gasteiger partial charge in [-0.25, -0.2) is 18.6 Å². The Morgan fingerprint density at radius 1 is 1.50 bits per heavy atom. The first-order chi connectivity index (χ1) is 7.48. The van der Waals surface area contributed by atoms with Gasteiger partial charge in [0.1, 0.15) is 0 Å². The van der Waals surface area contributed by atoms with Gasteiger partial charge in [0.05, 0.1) is 6.20 Å². The number of alkyl halides is 2. The third kappa shape index (κ3) is 2.20. The van der Waals surface area contributed by atoms with Crippen molar-refractivity contribution >= 4 is 5.97 Å². The predicted molar refractivity (Wildman–Crippen MR) is 49.6 cm³/mol. The van der Waals surface area contributed by atoms with E-state index in [1.54, 1.807) is 0 Å². The zero-order chi connectivity index (χ0) is 11.8. The molecule has 1 heterocycles. The van der Waals surface area contributed by atoms with Gasteiger partial charge in [-0.2, -0.15) is 0 Å². The molecule has 0 radical (unpaired) electrons. The summed E-state index contributed by atoms with van der Waals surface area (Å²) in [6, 6.07) is 0. The molecule has 1 aromatic rings. The van der Waals surface area contributed by atoms with Crippen molar-refractivity contribution in [1.29, 1.82) is 0 Å². The van der Waals surface area contributed by atoms with E-state index in [1.807, 2.05) is 0 Å². The van der Waals surface area contributed by atoms with Crippen LogP contribution in [0.25, 0.3) is 0 Å². The van der Waals surface area contributed by atoms with Crippen LogP contribution < -0.4 is 0 Å². The second-order valence-electron chi connectivity index (χ2n) is 4.00. The van der Waals surface area contributed by atoms with Crippen LogP contribution in [0.4, 0.5) is 8.78 Å². The maximum absolute atomic E-state index is 12.9. The number of oxazole rings is 1. The normalized spacial score (nSPS) is 20.9. The molecule has 1 aromatic heterocycles. The van der Waals surface area contributed by atoms with Crippen molar-refractivity contribution in [3.8, 4) is 0 Å². The third-order valence-electron chi connectivity index (χ3n) is 2.80. The van der Waals surface area contributed by atoms with Crippen molar-refractivity contribution in [3.63, 3.8) is 0 Å². The summed E-state index contributed by atoms with van der Waals surface area (Å²) in [6.45, 7) is 0. The standard InChI is InChI=1S/C10H11F2NO3/c11-10(12)3-1-6(2-4-10)8-13-5-7(16-8)9(14)15/h5-6H,1-4H2,(H,14,15). The summed E-state index contributed by atoms with van der Waals surface area (Å²) in [4.78, 5) is 14.4. The Bertz CT molecular complexity index is 393. The summed E-state index contributed by atoms with van der Waals surface area (Å²) >= 11 is 0. The highest BCUT2D eigenvalue weighted by Crippen LogP contribution is 2.40. The van der Waals surface area contributed by atoms with Crippen LogP contribution in [-0.2, 0) is 0 Å². The Labute approximate surface area is 90.3 Å². The van der Waals surface area contributed by atoms with Crippen LogP contribution in [0, 0.1) is 0 Å². The fourth-order valence-corrected chi connectivity index (χ4v) is 1.86. The minimum Gasteiger partial charge on any atom is -0.475 e. The molecule has 0 atom stereocenters. The molecule has 1 aliphatic carbocycles. The number of hydrogen-bond acceptors (Lipinski definition) is 3. The first-order valence-corrected chi connectivity index (χ1v) is 5.05. The van der Waals surface area contributed by atoms with E-state index in [-0.39, 0.29) is 43.3 Å². The van der Waals surface area contributed by atoms with Crippen molar-refractivity contribution in [1.82, 2.24) is 4.98 Å². The Kier molecular flexibility index (Phi) is 2.65. The zero-order valence-corrected chi connectivity index (χ0v) is 8.45. The van der Waals surface area contributed by atoms with Gasteiger partial charge in [0.2, 0.25) is 11.7 Å². The number of carbonyl (C=O) groups is 1. The molecule has 1 N–H and O–H groups in total. The summed E-state index contributed by atoms with van der Waals surface area (Å²) < 4.78 is 30.8. The molecule has 1 aliphatic rings. The second-order valence-corrected chi connectivity index (χ2v) is 4.00. The molecule has 0 unspecified atom stereocenters. The lowest BCUT2D eigenvalue weighted by molar-refractivity contribution is -0.0399. The number of nitrogens with zero attached hydrogens (tertiary/aromatic N) is 1. The van der Waals surface area contributed by atoms with Crippen LogP contribution in [0.3, 0.4) is 0 Å². The molecule has 1 saturated carbocycles. The minimum absolute atomic E-state index is 0.187. The van der Waals surface area contributed by atoms with Crippen molar-refractivity contribution in [2.75, 3.05) is 0 Å². The fraction of sp³-hybridized carbons (Fsp3) is 0.600. The molecule has 0 spiro atoms. The van der Waals surface area contributed by atoms with Crippen molar-refractivity contribution < 1.29 is 23.1 Å². The summed E-state index contributed by atoms with van der Waals surface area (Å²) in [5, 5.41) is 8.63. The van der Waals surface area contributed by atoms with E-state index < -0.39 is 11.9 Å². The van der Waals surface area contributed by atoms with Crippen molar-refractivity contribution in [3.05, 3.63) is 17.8 Å². The number of rotatable bonds is 2. The molecule has 4 nitrogen and oxygen atoms in total. The van der Waals surface area contributed by atoms with Gasteiger partial charge >= 0.3 is 5.97 Å². The molecule has 88 valence electrons. The molecule has 0 saturated heterocycles. The van der Waals surface area contributed by atoms with E-state index in [1.165, 1.54) is 0 Å². The molecular weight excluding hydrogens is 220 g/mol. The Hall–Kier alpha value is -1.46. The van der Waals surface area contributed by atoms with Crippen LogP contribution in [0.15, 0.2) is 10.6 Å². The minimum atomic E-state index is -2.60. The number of carboxylic acids is 1. The van der Waals surface area contributed by atoms with Crippen LogP contribution in [-0.4, -0.2) is 22.0 Å². The summed E-state index contributed by atoms with van der Waals surface area (Å²) in [7, 11) is 0.